The van der Waals surface area contributed by atoms with E-state index in [4.69, 9.17) is 0 Å². The number of benzene rings is 1. The van der Waals surface area contributed by atoms with E-state index in [1.807, 2.05) is 12.1 Å². The van der Waals surface area contributed by atoms with E-state index in [9.17, 15) is 13.2 Å². The first-order chi connectivity index (χ1) is 8.88. The van der Waals surface area contributed by atoms with E-state index in [2.05, 4.69) is 27.9 Å². The second-order valence-corrected chi connectivity index (χ2v) is 7.71. The average molecular weight is 394 g/mol. The largest absolute Gasteiger partial charge is 0.325 e. The molecule has 5 nitrogen and oxygen atoms in total. The fraction of sp³-hybridized carbons (Fsp3) is 0.417. The zero-order valence-electron chi connectivity index (χ0n) is 10.5. The summed E-state index contributed by atoms with van der Waals surface area (Å²) in [7, 11) is -3.32. The van der Waals surface area contributed by atoms with Crippen LogP contribution in [0.25, 0.3) is 0 Å². The van der Waals surface area contributed by atoms with Crippen LogP contribution in [0.3, 0.4) is 0 Å². The molecule has 0 spiro atoms. The van der Waals surface area contributed by atoms with Crippen LogP contribution in [-0.4, -0.2) is 37.5 Å². The van der Waals surface area contributed by atoms with Crippen LogP contribution in [-0.2, 0) is 14.8 Å². The zero-order chi connectivity index (χ0) is 14.0. The summed E-state index contributed by atoms with van der Waals surface area (Å²) < 4.78 is 25.5. The van der Waals surface area contributed by atoms with Gasteiger partial charge in [-0.15, -0.1) is 0 Å². The van der Waals surface area contributed by atoms with Gasteiger partial charge < -0.3 is 5.32 Å². The van der Waals surface area contributed by atoms with Crippen molar-refractivity contribution in [3.05, 3.63) is 27.8 Å². The topological polar surface area (TPSA) is 66.5 Å². The number of hydrogen-bond acceptors (Lipinski definition) is 3. The van der Waals surface area contributed by atoms with Gasteiger partial charge in [0.25, 0.3) is 0 Å². The summed E-state index contributed by atoms with van der Waals surface area (Å²) in [6.07, 6.45) is 2.44. The molecule has 1 saturated heterocycles. The van der Waals surface area contributed by atoms with Gasteiger partial charge in [-0.1, -0.05) is 0 Å². The van der Waals surface area contributed by atoms with Crippen molar-refractivity contribution < 1.29 is 13.2 Å². The molecule has 0 unspecified atom stereocenters. The van der Waals surface area contributed by atoms with Crippen LogP contribution in [0.15, 0.2) is 24.3 Å². The van der Waals surface area contributed by atoms with Crippen LogP contribution >= 0.6 is 22.6 Å². The minimum atomic E-state index is -3.32. The lowest BCUT2D eigenvalue weighted by Crippen LogP contribution is -2.42. The highest BCUT2D eigenvalue weighted by atomic mass is 127. The Morgan fingerprint density at radius 2 is 2.00 bits per heavy atom. The molecule has 19 heavy (non-hydrogen) atoms. The first kappa shape index (κ1) is 14.7. The monoisotopic (exact) mass is 394 g/mol. The fourth-order valence-corrected chi connectivity index (χ4v) is 3.64. The Kier molecular flexibility index (Phi) is 4.46. The molecule has 1 N–H and O–H groups in total. The number of nitrogens with one attached hydrogen (secondary N) is 1. The number of amides is 1. The molecule has 1 aliphatic heterocycles. The lowest BCUT2D eigenvalue weighted by atomic mass is 10.2. The smallest absolute Gasteiger partial charge is 0.242 e. The molecule has 1 aromatic rings. The van der Waals surface area contributed by atoms with Gasteiger partial charge in [-0.2, -0.15) is 4.31 Å². The molecule has 7 heteroatoms. The van der Waals surface area contributed by atoms with Crippen LogP contribution < -0.4 is 5.32 Å². The van der Waals surface area contributed by atoms with Gasteiger partial charge in [0.05, 0.1) is 6.26 Å². The highest BCUT2D eigenvalue weighted by Gasteiger charge is 2.36. The fourth-order valence-electron chi connectivity index (χ4n) is 2.16. The minimum absolute atomic E-state index is 0.260. The summed E-state index contributed by atoms with van der Waals surface area (Å²) >= 11 is 2.18. The highest BCUT2D eigenvalue weighted by molar-refractivity contribution is 14.1. The van der Waals surface area contributed by atoms with Crippen LogP contribution in [0.2, 0.25) is 0 Å². The van der Waals surface area contributed by atoms with Crippen molar-refractivity contribution in [1.82, 2.24) is 4.31 Å². The molecule has 1 aromatic carbocycles. The molecule has 1 heterocycles. The van der Waals surface area contributed by atoms with E-state index in [0.717, 1.165) is 16.2 Å². The molecule has 1 atom stereocenters. The maximum Gasteiger partial charge on any atom is 0.242 e. The maximum absolute atomic E-state index is 12.1. The molecule has 104 valence electrons. The quantitative estimate of drug-likeness (QED) is 0.794. The van der Waals surface area contributed by atoms with Gasteiger partial charge in [0, 0.05) is 15.8 Å². The Labute approximate surface area is 126 Å². The third-order valence-electron chi connectivity index (χ3n) is 3.04. The highest BCUT2D eigenvalue weighted by Crippen LogP contribution is 2.22. The lowest BCUT2D eigenvalue weighted by Gasteiger charge is -2.21. The molecule has 1 aliphatic rings. The van der Waals surface area contributed by atoms with Crippen molar-refractivity contribution in [2.24, 2.45) is 0 Å². The molecule has 1 amide bonds. The van der Waals surface area contributed by atoms with Gasteiger partial charge in [0.15, 0.2) is 0 Å². The number of carbonyl (C=O) groups excluding carboxylic acids is 1. The summed E-state index contributed by atoms with van der Waals surface area (Å²) in [5.74, 6) is -0.260. The summed E-state index contributed by atoms with van der Waals surface area (Å²) in [5.41, 5.74) is 0.686. The Balaban J connectivity index is 2.09. The first-order valence-corrected chi connectivity index (χ1v) is 8.84. The lowest BCUT2D eigenvalue weighted by molar-refractivity contribution is -0.119. The van der Waals surface area contributed by atoms with Crippen LogP contribution in [0.5, 0.6) is 0 Å². The Morgan fingerprint density at radius 1 is 1.37 bits per heavy atom. The van der Waals surface area contributed by atoms with E-state index in [1.54, 1.807) is 12.1 Å². The summed E-state index contributed by atoms with van der Waals surface area (Å²) in [5, 5.41) is 2.76. The Hall–Kier alpha value is -0.670. The van der Waals surface area contributed by atoms with Crippen molar-refractivity contribution in [3.8, 4) is 0 Å². The molecule has 1 fully saturated rings. The second-order valence-electron chi connectivity index (χ2n) is 4.53. The standard InChI is InChI=1S/C12H15IN2O3S/c1-19(17,18)15-8-2-3-11(15)12(16)14-10-6-4-9(13)5-7-10/h4-7,11H,2-3,8H2,1H3,(H,14,16)/t11-/m1/s1. The van der Waals surface area contributed by atoms with Gasteiger partial charge in [-0.05, 0) is 59.7 Å². The van der Waals surface area contributed by atoms with Crippen LogP contribution in [0.4, 0.5) is 5.69 Å². The van der Waals surface area contributed by atoms with E-state index >= 15 is 0 Å². The molecule has 0 saturated carbocycles. The third-order valence-corrected chi connectivity index (χ3v) is 5.05. The van der Waals surface area contributed by atoms with E-state index < -0.39 is 16.1 Å². The van der Waals surface area contributed by atoms with Crippen molar-refractivity contribution in [1.29, 1.82) is 0 Å². The van der Waals surface area contributed by atoms with Crippen LogP contribution in [0, 0.1) is 3.57 Å². The Morgan fingerprint density at radius 3 is 2.58 bits per heavy atom. The van der Waals surface area contributed by atoms with E-state index in [-0.39, 0.29) is 5.91 Å². The van der Waals surface area contributed by atoms with Gasteiger partial charge in [-0.25, -0.2) is 8.42 Å². The number of carbonyl (C=O) groups is 1. The van der Waals surface area contributed by atoms with Crippen molar-refractivity contribution in [3.63, 3.8) is 0 Å². The number of sulfonamides is 1. The van der Waals surface area contributed by atoms with Gasteiger partial charge in [-0.3, -0.25) is 4.79 Å². The van der Waals surface area contributed by atoms with Gasteiger partial charge >= 0.3 is 0 Å². The third kappa shape index (κ3) is 3.67. The first-order valence-electron chi connectivity index (χ1n) is 5.91. The Bertz CT molecular complexity index is 571. The summed E-state index contributed by atoms with van der Waals surface area (Å²) in [6, 6.07) is 6.80. The van der Waals surface area contributed by atoms with E-state index in [0.29, 0.717) is 18.7 Å². The molecule has 2 rings (SSSR count). The average Bonchev–Trinajstić information content (AvgIpc) is 2.81. The maximum atomic E-state index is 12.1. The van der Waals surface area contributed by atoms with Gasteiger partial charge in [0.1, 0.15) is 6.04 Å². The number of rotatable bonds is 3. The van der Waals surface area contributed by atoms with Crippen molar-refractivity contribution >= 4 is 44.2 Å². The van der Waals surface area contributed by atoms with Crippen LogP contribution in [0.1, 0.15) is 12.8 Å². The number of nitrogens with zero attached hydrogens (tertiary/aromatic N) is 1. The zero-order valence-corrected chi connectivity index (χ0v) is 13.4. The minimum Gasteiger partial charge on any atom is -0.325 e. The molecule has 0 aliphatic carbocycles. The number of halogens is 1. The summed E-state index contributed by atoms with van der Waals surface area (Å²) in [4.78, 5) is 12.1. The molecule has 0 aromatic heterocycles. The second kappa shape index (κ2) is 5.76. The molecule has 0 bridgehead atoms. The van der Waals surface area contributed by atoms with Gasteiger partial charge in [0.2, 0.25) is 15.9 Å². The number of hydrogen-bond donors (Lipinski definition) is 1. The van der Waals surface area contributed by atoms with Crippen molar-refractivity contribution in [2.45, 2.75) is 18.9 Å². The predicted molar refractivity (Wildman–Crippen MR) is 82.4 cm³/mol. The predicted octanol–water partition coefficient (Wildman–Crippen LogP) is 1.65. The summed E-state index contributed by atoms with van der Waals surface area (Å²) in [6.45, 7) is 0.420. The molecular weight excluding hydrogens is 379 g/mol. The normalized spacial score (nSPS) is 20.4. The molecule has 0 radical (unpaired) electrons. The SMILES string of the molecule is CS(=O)(=O)N1CCC[C@@H]1C(=O)Nc1ccc(I)cc1. The number of anilines is 1. The van der Waals surface area contributed by atoms with Crippen molar-refractivity contribution in [2.75, 3.05) is 18.1 Å². The van der Waals surface area contributed by atoms with E-state index in [1.165, 1.54) is 4.31 Å². The molecular formula is C12H15IN2O3S.